The zero-order chi connectivity index (χ0) is 13.4. The topological polar surface area (TPSA) is 74.9 Å². The van der Waals surface area contributed by atoms with Gasteiger partial charge in [0.05, 0.1) is 11.4 Å². The minimum Gasteiger partial charge on any atom is -0.507 e. The molecule has 3 rings (SSSR count). The number of aromatic nitrogens is 3. The molecule has 0 aliphatic heterocycles. The Labute approximate surface area is 109 Å². The van der Waals surface area contributed by atoms with Crippen molar-refractivity contribution < 1.29 is 9.63 Å². The molecule has 0 aliphatic carbocycles. The number of benzene rings is 1. The molecule has 0 aliphatic rings. The van der Waals surface area contributed by atoms with Crippen LogP contribution >= 0.6 is 0 Å². The Bertz CT molecular complexity index is 728. The molecule has 0 bridgehead atoms. The summed E-state index contributed by atoms with van der Waals surface area (Å²) in [6.07, 6.45) is 0. The van der Waals surface area contributed by atoms with E-state index in [1.54, 1.807) is 6.07 Å². The maximum atomic E-state index is 9.88. The van der Waals surface area contributed by atoms with Gasteiger partial charge in [0.2, 0.25) is 0 Å². The van der Waals surface area contributed by atoms with Gasteiger partial charge in [-0.15, -0.1) is 0 Å². The molecule has 5 heteroatoms. The summed E-state index contributed by atoms with van der Waals surface area (Å²) >= 11 is 0. The van der Waals surface area contributed by atoms with Gasteiger partial charge in [-0.05, 0) is 32.0 Å². The van der Waals surface area contributed by atoms with Gasteiger partial charge in [0.15, 0.2) is 0 Å². The first-order valence-corrected chi connectivity index (χ1v) is 5.92. The first-order valence-electron chi connectivity index (χ1n) is 5.92. The van der Waals surface area contributed by atoms with E-state index < -0.39 is 0 Å². The van der Waals surface area contributed by atoms with Crippen molar-refractivity contribution >= 4 is 0 Å². The maximum Gasteiger partial charge on any atom is 0.134 e. The summed E-state index contributed by atoms with van der Waals surface area (Å²) in [5.41, 5.74) is 3.89. The minimum atomic E-state index is 0.208. The summed E-state index contributed by atoms with van der Waals surface area (Å²) in [6.45, 7) is 3.80. The molecule has 96 valence electrons. The second-order valence-corrected chi connectivity index (χ2v) is 4.51. The van der Waals surface area contributed by atoms with Crippen molar-refractivity contribution in [3.8, 4) is 28.4 Å². The normalized spacial score (nSPS) is 10.8. The summed E-state index contributed by atoms with van der Waals surface area (Å²) in [5, 5.41) is 20.9. The fourth-order valence-electron chi connectivity index (χ4n) is 1.94. The Hall–Kier alpha value is -2.56. The van der Waals surface area contributed by atoms with Crippen molar-refractivity contribution in [1.29, 1.82) is 0 Å². The van der Waals surface area contributed by atoms with E-state index in [1.807, 2.05) is 38.1 Å². The highest BCUT2D eigenvalue weighted by Crippen LogP contribution is 2.30. The molecule has 2 heterocycles. The van der Waals surface area contributed by atoms with Crippen LogP contribution in [0.4, 0.5) is 0 Å². The van der Waals surface area contributed by atoms with Gasteiger partial charge in [-0.3, -0.25) is 5.10 Å². The standard InChI is InChI=1S/C14H13N3O2/c1-8-3-4-14(18)10(5-8)11-7-12(16-15-11)13-6-9(2)19-17-13/h3-7,18H,1-2H3,(H,15,16). The van der Waals surface area contributed by atoms with Crippen molar-refractivity contribution in [2.45, 2.75) is 13.8 Å². The average Bonchev–Trinajstić information content (AvgIpc) is 3.00. The van der Waals surface area contributed by atoms with Crippen molar-refractivity contribution in [3.05, 3.63) is 41.7 Å². The van der Waals surface area contributed by atoms with Crippen LogP contribution in [0.2, 0.25) is 0 Å². The summed E-state index contributed by atoms with van der Waals surface area (Å²) in [4.78, 5) is 0. The lowest BCUT2D eigenvalue weighted by Gasteiger charge is -2.01. The smallest absolute Gasteiger partial charge is 0.134 e. The van der Waals surface area contributed by atoms with Crippen LogP contribution in [0, 0.1) is 13.8 Å². The highest BCUT2D eigenvalue weighted by atomic mass is 16.5. The van der Waals surface area contributed by atoms with Crippen molar-refractivity contribution in [2.24, 2.45) is 0 Å². The molecule has 5 nitrogen and oxygen atoms in total. The lowest BCUT2D eigenvalue weighted by atomic mass is 10.1. The van der Waals surface area contributed by atoms with Gasteiger partial charge >= 0.3 is 0 Å². The monoisotopic (exact) mass is 255 g/mol. The number of nitrogens with zero attached hydrogens (tertiary/aromatic N) is 2. The van der Waals surface area contributed by atoms with E-state index in [-0.39, 0.29) is 5.75 Å². The number of hydrogen-bond donors (Lipinski definition) is 2. The molecule has 0 unspecified atom stereocenters. The number of H-pyrrole nitrogens is 1. The number of hydrogen-bond acceptors (Lipinski definition) is 4. The first kappa shape index (κ1) is 11.5. The quantitative estimate of drug-likeness (QED) is 0.738. The van der Waals surface area contributed by atoms with Crippen LogP contribution in [0.3, 0.4) is 0 Å². The van der Waals surface area contributed by atoms with Crippen LogP contribution in [0.15, 0.2) is 34.9 Å². The summed E-state index contributed by atoms with van der Waals surface area (Å²) < 4.78 is 5.03. The molecule has 0 saturated carbocycles. The van der Waals surface area contributed by atoms with Crippen LogP contribution in [-0.4, -0.2) is 20.5 Å². The SMILES string of the molecule is Cc1ccc(O)c(-c2cc(-c3cc(C)on3)[nH]n2)c1. The van der Waals surface area contributed by atoms with Crippen molar-refractivity contribution in [2.75, 3.05) is 0 Å². The van der Waals surface area contributed by atoms with Crippen LogP contribution < -0.4 is 0 Å². The molecule has 2 N–H and O–H groups in total. The zero-order valence-corrected chi connectivity index (χ0v) is 10.6. The Morgan fingerprint density at radius 2 is 1.95 bits per heavy atom. The molecular formula is C14H13N3O2. The predicted molar refractivity (Wildman–Crippen MR) is 70.7 cm³/mol. The number of phenols is 1. The minimum absolute atomic E-state index is 0.208. The average molecular weight is 255 g/mol. The lowest BCUT2D eigenvalue weighted by molar-refractivity contribution is 0.399. The second-order valence-electron chi connectivity index (χ2n) is 4.51. The number of nitrogens with one attached hydrogen (secondary N) is 1. The van der Waals surface area contributed by atoms with Gasteiger partial charge in [-0.25, -0.2) is 0 Å². The Morgan fingerprint density at radius 1 is 1.11 bits per heavy atom. The number of aryl methyl sites for hydroxylation is 2. The fraction of sp³-hybridized carbons (Fsp3) is 0.143. The molecule has 19 heavy (non-hydrogen) atoms. The summed E-state index contributed by atoms with van der Waals surface area (Å²) in [5.74, 6) is 0.949. The molecule has 0 fully saturated rings. The number of aromatic amines is 1. The Balaban J connectivity index is 2.03. The number of rotatable bonds is 2. The van der Waals surface area contributed by atoms with Gasteiger partial charge in [0.1, 0.15) is 17.2 Å². The van der Waals surface area contributed by atoms with Gasteiger partial charge in [0, 0.05) is 11.6 Å². The predicted octanol–water partition coefficient (Wildman–Crippen LogP) is 3.05. The van der Waals surface area contributed by atoms with Crippen molar-refractivity contribution in [3.63, 3.8) is 0 Å². The first-order chi connectivity index (χ1) is 9.13. The molecule has 2 aromatic heterocycles. The number of phenolic OH excluding ortho intramolecular Hbond substituents is 1. The lowest BCUT2D eigenvalue weighted by Crippen LogP contribution is -1.81. The molecule has 0 saturated heterocycles. The molecule has 3 aromatic rings. The van der Waals surface area contributed by atoms with Crippen LogP contribution in [0.1, 0.15) is 11.3 Å². The zero-order valence-electron chi connectivity index (χ0n) is 10.6. The van der Waals surface area contributed by atoms with E-state index in [0.717, 1.165) is 17.0 Å². The number of aromatic hydroxyl groups is 1. The molecular weight excluding hydrogens is 242 g/mol. The highest BCUT2D eigenvalue weighted by molar-refractivity contribution is 5.71. The van der Waals surface area contributed by atoms with E-state index in [4.69, 9.17) is 4.52 Å². The van der Waals surface area contributed by atoms with Gasteiger partial charge in [-0.1, -0.05) is 16.8 Å². The molecule has 0 spiro atoms. The third kappa shape index (κ3) is 2.10. The molecule has 1 aromatic carbocycles. The van der Waals surface area contributed by atoms with Crippen molar-refractivity contribution in [1.82, 2.24) is 15.4 Å². The van der Waals surface area contributed by atoms with E-state index in [9.17, 15) is 5.11 Å². The van der Waals surface area contributed by atoms with E-state index in [0.29, 0.717) is 17.0 Å². The summed E-state index contributed by atoms with van der Waals surface area (Å²) in [6, 6.07) is 9.08. The van der Waals surface area contributed by atoms with Crippen LogP contribution in [0.5, 0.6) is 5.75 Å². The molecule has 0 radical (unpaired) electrons. The van der Waals surface area contributed by atoms with E-state index in [1.165, 1.54) is 0 Å². The van der Waals surface area contributed by atoms with Crippen LogP contribution in [0.25, 0.3) is 22.6 Å². The highest BCUT2D eigenvalue weighted by Gasteiger charge is 2.12. The van der Waals surface area contributed by atoms with E-state index >= 15 is 0 Å². The largest absolute Gasteiger partial charge is 0.507 e. The third-order valence-electron chi connectivity index (χ3n) is 2.91. The third-order valence-corrected chi connectivity index (χ3v) is 2.91. The van der Waals surface area contributed by atoms with Gasteiger partial charge in [0.25, 0.3) is 0 Å². The molecule has 0 atom stereocenters. The second kappa shape index (κ2) is 4.28. The maximum absolute atomic E-state index is 9.88. The van der Waals surface area contributed by atoms with E-state index in [2.05, 4.69) is 15.4 Å². The van der Waals surface area contributed by atoms with Gasteiger partial charge in [-0.2, -0.15) is 5.10 Å². The summed E-state index contributed by atoms with van der Waals surface area (Å²) in [7, 11) is 0. The fourth-order valence-corrected chi connectivity index (χ4v) is 1.94. The van der Waals surface area contributed by atoms with Crippen LogP contribution in [-0.2, 0) is 0 Å². The van der Waals surface area contributed by atoms with Gasteiger partial charge < -0.3 is 9.63 Å². The Kier molecular flexibility index (Phi) is 2.59. The Morgan fingerprint density at radius 3 is 2.68 bits per heavy atom. The molecule has 0 amide bonds.